The number of carbonyl (C=O) groups excluding carboxylic acids is 1. The van der Waals surface area contributed by atoms with E-state index in [0.717, 1.165) is 11.1 Å². The summed E-state index contributed by atoms with van der Waals surface area (Å²) in [5, 5.41) is 0.500. The van der Waals surface area contributed by atoms with Gasteiger partial charge in [0.05, 0.1) is 12.7 Å². The Morgan fingerprint density at radius 2 is 1.77 bits per heavy atom. The molecule has 6 heteroatoms. The number of nitrogens with zero attached hydrogens (tertiary/aromatic N) is 1. The first-order chi connectivity index (χ1) is 12.6. The van der Waals surface area contributed by atoms with Crippen LogP contribution in [0.25, 0.3) is 11.1 Å². The zero-order valence-corrected chi connectivity index (χ0v) is 15.2. The molecule has 0 fully saturated rings. The fraction of sp³-hybridized carbons (Fsp3) is 0.100. The van der Waals surface area contributed by atoms with Crippen LogP contribution < -0.4 is 15.6 Å². The van der Waals surface area contributed by atoms with E-state index in [1.54, 1.807) is 30.5 Å². The number of pyridine rings is 1. The Morgan fingerprint density at radius 1 is 1.04 bits per heavy atom. The highest BCUT2D eigenvalue weighted by Gasteiger charge is 2.12. The molecule has 3 rings (SSSR count). The summed E-state index contributed by atoms with van der Waals surface area (Å²) in [6.07, 6.45) is 1.75. The van der Waals surface area contributed by atoms with Crippen LogP contribution in [-0.2, 0) is 0 Å². The molecule has 3 aromatic rings. The second-order valence-electron chi connectivity index (χ2n) is 5.72. The van der Waals surface area contributed by atoms with Gasteiger partial charge < -0.3 is 4.74 Å². The molecular weight excluding hydrogens is 350 g/mol. The third kappa shape index (κ3) is 4.13. The van der Waals surface area contributed by atoms with E-state index < -0.39 is 0 Å². The number of anilines is 1. The van der Waals surface area contributed by atoms with Crippen molar-refractivity contribution in [2.45, 2.75) is 6.92 Å². The van der Waals surface area contributed by atoms with Crippen molar-refractivity contribution < 1.29 is 9.53 Å². The van der Waals surface area contributed by atoms with Crippen LogP contribution in [-0.4, -0.2) is 18.0 Å². The average Bonchev–Trinajstić information content (AvgIpc) is 2.67. The molecule has 2 aromatic carbocycles. The van der Waals surface area contributed by atoms with E-state index in [1.807, 2.05) is 25.1 Å². The molecule has 2 N–H and O–H groups in total. The highest BCUT2D eigenvalue weighted by Crippen LogP contribution is 2.23. The number of hydrogen-bond donors (Lipinski definition) is 2. The van der Waals surface area contributed by atoms with Crippen LogP contribution in [0.15, 0.2) is 60.8 Å². The lowest BCUT2D eigenvalue weighted by atomic mass is 10.1. The van der Waals surface area contributed by atoms with Crippen molar-refractivity contribution in [3.8, 4) is 16.9 Å². The lowest BCUT2D eigenvalue weighted by Gasteiger charge is -2.11. The Kier molecular flexibility index (Phi) is 5.39. The van der Waals surface area contributed by atoms with Gasteiger partial charge in [-0.3, -0.25) is 15.6 Å². The number of benzene rings is 2. The van der Waals surface area contributed by atoms with Gasteiger partial charge in [-0.1, -0.05) is 41.4 Å². The highest BCUT2D eigenvalue weighted by molar-refractivity contribution is 6.30. The van der Waals surface area contributed by atoms with Crippen LogP contribution in [0.3, 0.4) is 0 Å². The van der Waals surface area contributed by atoms with Gasteiger partial charge in [0.25, 0.3) is 5.91 Å². The van der Waals surface area contributed by atoms with E-state index >= 15 is 0 Å². The number of aromatic nitrogens is 1. The SMILES string of the molecule is COc1cc(Cl)ccc1C(=O)NNc1ccc(-c2ccc(C)cc2)cn1. The average molecular weight is 368 g/mol. The van der Waals surface area contributed by atoms with Gasteiger partial charge in [-0.15, -0.1) is 0 Å². The molecule has 0 radical (unpaired) electrons. The minimum atomic E-state index is -0.345. The van der Waals surface area contributed by atoms with E-state index in [0.29, 0.717) is 22.2 Å². The normalized spacial score (nSPS) is 10.3. The molecule has 0 bridgehead atoms. The molecule has 0 saturated carbocycles. The standard InChI is InChI=1S/C20H18ClN3O2/c1-13-3-5-14(6-4-13)15-7-10-19(22-12-15)23-24-20(25)17-9-8-16(21)11-18(17)26-2/h3-12H,1-2H3,(H,22,23)(H,24,25). The van der Waals surface area contributed by atoms with E-state index in [1.165, 1.54) is 12.7 Å². The zero-order chi connectivity index (χ0) is 18.5. The maximum Gasteiger partial charge on any atom is 0.273 e. The lowest BCUT2D eigenvalue weighted by molar-refractivity contribution is 0.0959. The number of methoxy groups -OCH3 is 1. The molecule has 1 heterocycles. The molecule has 5 nitrogen and oxygen atoms in total. The second kappa shape index (κ2) is 7.89. The Balaban J connectivity index is 1.66. The van der Waals surface area contributed by atoms with Gasteiger partial charge in [-0.25, -0.2) is 4.98 Å². The number of amides is 1. The predicted octanol–water partition coefficient (Wildman–Crippen LogP) is 4.48. The van der Waals surface area contributed by atoms with E-state index in [-0.39, 0.29) is 5.91 Å². The predicted molar refractivity (Wildman–Crippen MR) is 104 cm³/mol. The fourth-order valence-corrected chi connectivity index (χ4v) is 2.59. The van der Waals surface area contributed by atoms with Crippen molar-refractivity contribution >= 4 is 23.3 Å². The third-order valence-electron chi connectivity index (χ3n) is 3.86. The monoisotopic (exact) mass is 367 g/mol. The van der Waals surface area contributed by atoms with Gasteiger partial charge in [0.2, 0.25) is 0 Å². The number of hydrogen-bond acceptors (Lipinski definition) is 4. The Morgan fingerprint density at radius 3 is 2.42 bits per heavy atom. The summed E-state index contributed by atoms with van der Waals surface area (Å²) in [5.41, 5.74) is 9.07. The Bertz CT molecular complexity index is 909. The first-order valence-corrected chi connectivity index (χ1v) is 8.37. The smallest absolute Gasteiger partial charge is 0.273 e. The van der Waals surface area contributed by atoms with Crippen molar-refractivity contribution in [1.82, 2.24) is 10.4 Å². The van der Waals surface area contributed by atoms with Gasteiger partial charge in [0.1, 0.15) is 11.6 Å². The molecule has 0 aliphatic heterocycles. The quantitative estimate of drug-likeness (QED) is 0.653. The summed E-state index contributed by atoms with van der Waals surface area (Å²) in [4.78, 5) is 16.6. The van der Waals surface area contributed by atoms with Crippen LogP contribution in [0.1, 0.15) is 15.9 Å². The number of ether oxygens (including phenoxy) is 1. The van der Waals surface area contributed by atoms with Crippen molar-refractivity contribution in [3.63, 3.8) is 0 Å². The van der Waals surface area contributed by atoms with E-state index in [2.05, 4.69) is 28.0 Å². The summed E-state index contributed by atoms with van der Waals surface area (Å²) in [5.74, 6) is 0.588. The molecule has 0 saturated heterocycles. The van der Waals surface area contributed by atoms with Gasteiger partial charge in [-0.05, 0) is 42.8 Å². The summed E-state index contributed by atoms with van der Waals surface area (Å²) >= 11 is 5.91. The third-order valence-corrected chi connectivity index (χ3v) is 4.10. The summed E-state index contributed by atoms with van der Waals surface area (Å²) in [6, 6.07) is 16.8. The number of rotatable bonds is 5. The molecule has 0 unspecified atom stereocenters. The molecule has 1 aromatic heterocycles. The topological polar surface area (TPSA) is 63.2 Å². The molecule has 0 atom stereocenters. The van der Waals surface area contributed by atoms with Gasteiger partial charge in [0.15, 0.2) is 0 Å². The van der Waals surface area contributed by atoms with Crippen molar-refractivity contribution in [2.24, 2.45) is 0 Å². The summed E-state index contributed by atoms with van der Waals surface area (Å²) < 4.78 is 5.18. The van der Waals surface area contributed by atoms with Crippen LogP contribution in [0.4, 0.5) is 5.82 Å². The minimum Gasteiger partial charge on any atom is -0.496 e. The molecule has 1 amide bonds. The molecule has 0 aliphatic carbocycles. The number of halogens is 1. The number of nitrogens with one attached hydrogen (secondary N) is 2. The van der Waals surface area contributed by atoms with Crippen LogP contribution in [0.5, 0.6) is 5.75 Å². The van der Waals surface area contributed by atoms with Crippen molar-refractivity contribution in [3.05, 3.63) is 76.9 Å². The Hall–Kier alpha value is -3.05. The lowest BCUT2D eigenvalue weighted by Crippen LogP contribution is -2.30. The highest BCUT2D eigenvalue weighted by atomic mass is 35.5. The van der Waals surface area contributed by atoms with Crippen molar-refractivity contribution in [1.29, 1.82) is 0 Å². The number of aryl methyl sites for hydroxylation is 1. The molecule has 132 valence electrons. The summed E-state index contributed by atoms with van der Waals surface area (Å²) in [7, 11) is 1.49. The molecular formula is C20H18ClN3O2. The molecule has 0 aliphatic rings. The van der Waals surface area contributed by atoms with Gasteiger partial charge >= 0.3 is 0 Å². The first-order valence-electron chi connectivity index (χ1n) is 8.00. The fourth-order valence-electron chi connectivity index (χ4n) is 2.43. The van der Waals surface area contributed by atoms with Crippen molar-refractivity contribution in [2.75, 3.05) is 12.5 Å². The molecule has 26 heavy (non-hydrogen) atoms. The maximum atomic E-state index is 12.3. The first kappa shape index (κ1) is 17.8. The van der Waals surface area contributed by atoms with Gasteiger partial charge in [-0.2, -0.15) is 0 Å². The van der Waals surface area contributed by atoms with E-state index in [9.17, 15) is 4.79 Å². The number of carbonyl (C=O) groups is 1. The van der Waals surface area contributed by atoms with Crippen LogP contribution in [0, 0.1) is 6.92 Å². The molecule has 0 spiro atoms. The minimum absolute atomic E-state index is 0.345. The summed E-state index contributed by atoms with van der Waals surface area (Å²) in [6.45, 7) is 2.05. The largest absolute Gasteiger partial charge is 0.496 e. The Labute approximate surface area is 157 Å². The van der Waals surface area contributed by atoms with Crippen LogP contribution in [0.2, 0.25) is 5.02 Å². The van der Waals surface area contributed by atoms with E-state index in [4.69, 9.17) is 16.3 Å². The number of hydrazine groups is 1. The zero-order valence-electron chi connectivity index (χ0n) is 14.4. The second-order valence-corrected chi connectivity index (χ2v) is 6.16. The van der Waals surface area contributed by atoms with Gasteiger partial charge in [0, 0.05) is 16.8 Å². The maximum absolute atomic E-state index is 12.3. The van der Waals surface area contributed by atoms with Crippen LogP contribution >= 0.6 is 11.6 Å².